The number of methoxy groups -OCH3 is 1. The first kappa shape index (κ1) is 13.6. The summed E-state index contributed by atoms with van der Waals surface area (Å²) in [5, 5.41) is 4.40. The molecule has 0 bridgehead atoms. The Kier molecular flexibility index (Phi) is 5.95. The van der Waals surface area contributed by atoms with Gasteiger partial charge in [-0.15, -0.1) is 11.3 Å². The van der Waals surface area contributed by atoms with Crippen LogP contribution in [0.2, 0.25) is 0 Å². The summed E-state index contributed by atoms with van der Waals surface area (Å²) in [6.07, 6.45) is 2.00. The van der Waals surface area contributed by atoms with Crippen LogP contribution in [-0.4, -0.2) is 25.7 Å². The molecule has 4 heteroatoms. The fourth-order valence-electron chi connectivity index (χ4n) is 1.58. The Bertz CT molecular complexity index is 310. The van der Waals surface area contributed by atoms with Crippen molar-refractivity contribution in [3.63, 3.8) is 0 Å². The van der Waals surface area contributed by atoms with E-state index in [1.165, 1.54) is 15.6 Å². The molecule has 0 aromatic carbocycles. The molecule has 1 rings (SSSR count). The molecule has 0 aliphatic rings. The van der Waals surface area contributed by atoms with Crippen LogP contribution in [0.4, 0.5) is 0 Å². The molecule has 3 nitrogen and oxygen atoms in total. The van der Waals surface area contributed by atoms with Gasteiger partial charge in [-0.3, -0.25) is 0 Å². The lowest BCUT2D eigenvalue weighted by Crippen LogP contribution is -2.07. The smallest absolute Gasteiger partial charge is 0.0954 e. The number of aromatic nitrogens is 1. The summed E-state index contributed by atoms with van der Waals surface area (Å²) in [5.41, 5.74) is 1.26. The molecule has 1 N–H and O–H groups in total. The highest BCUT2D eigenvalue weighted by molar-refractivity contribution is 7.11. The molecule has 0 aliphatic heterocycles. The Morgan fingerprint density at radius 2 is 2.19 bits per heavy atom. The predicted octanol–water partition coefficient (Wildman–Crippen LogP) is 2.25. The van der Waals surface area contributed by atoms with Gasteiger partial charge in [0, 0.05) is 25.0 Å². The SMILES string of the molecule is CNCc1sc(CCOC)nc1CC(C)C. The minimum absolute atomic E-state index is 0.660. The van der Waals surface area contributed by atoms with Crippen molar-refractivity contribution in [1.82, 2.24) is 10.3 Å². The third kappa shape index (κ3) is 4.20. The second kappa shape index (κ2) is 6.99. The van der Waals surface area contributed by atoms with Crippen molar-refractivity contribution < 1.29 is 4.74 Å². The van der Waals surface area contributed by atoms with E-state index in [0.717, 1.165) is 26.0 Å². The van der Waals surface area contributed by atoms with Gasteiger partial charge >= 0.3 is 0 Å². The second-order valence-corrected chi connectivity index (χ2v) is 5.52. The number of hydrogen-bond acceptors (Lipinski definition) is 4. The molecule has 0 atom stereocenters. The molecule has 0 amide bonds. The molecule has 0 aliphatic carbocycles. The maximum Gasteiger partial charge on any atom is 0.0954 e. The number of nitrogens with one attached hydrogen (secondary N) is 1. The van der Waals surface area contributed by atoms with Gasteiger partial charge in [0.05, 0.1) is 17.3 Å². The lowest BCUT2D eigenvalue weighted by Gasteiger charge is -2.03. The van der Waals surface area contributed by atoms with Gasteiger partial charge in [-0.1, -0.05) is 13.8 Å². The van der Waals surface area contributed by atoms with Gasteiger partial charge in [0.2, 0.25) is 0 Å². The van der Waals surface area contributed by atoms with Crippen LogP contribution in [0.3, 0.4) is 0 Å². The monoisotopic (exact) mass is 242 g/mol. The lowest BCUT2D eigenvalue weighted by atomic mass is 10.1. The van der Waals surface area contributed by atoms with E-state index < -0.39 is 0 Å². The molecule has 0 fully saturated rings. The van der Waals surface area contributed by atoms with Crippen LogP contribution in [0.5, 0.6) is 0 Å². The molecule has 1 aromatic rings. The fourth-order valence-corrected chi connectivity index (χ4v) is 2.67. The minimum atomic E-state index is 0.660. The van der Waals surface area contributed by atoms with Gasteiger partial charge in [-0.05, 0) is 19.4 Å². The van der Waals surface area contributed by atoms with Gasteiger partial charge in [-0.25, -0.2) is 4.98 Å². The molecule has 0 unspecified atom stereocenters. The van der Waals surface area contributed by atoms with Crippen molar-refractivity contribution in [3.8, 4) is 0 Å². The van der Waals surface area contributed by atoms with Crippen molar-refractivity contribution >= 4 is 11.3 Å². The predicted molar refractivity (Wildman–Crippen MR) is 69.0 cm³/mol. The zero-order valence-corrected chi connectivity index (χ0v) is 11.5. The second-order valence-electron chi connectivity index (χ2n) is 4.35. The van der Waals surface area contributed by atoms with Gasteiger partial charge in [0.25, 0.3) is 0 Å². The van der Waals surface area contributed by atoms with Crippen LogP contribution in [-0.2, 0) is 24.1 Å². The lowest BCUT2D eigenvalue weighted by molar-refractivity contribution is 0.202. The normalized spacial score (nSPS) is 11.3. The maximum atomic E-state index is 5.09. The Morgan fingerprint density at radius 1 is 1.44 bits per heavy atom. The largest absolute Gasteiger partial charge is 0.384 e. The topological polar surface area (TPSA) is 34.1 Å². The average molecular weight is 242 g/mol. The van der Waals surface area contributed by atoms with E-state index in [-0.39, 0.29) is 0 Å². The summed E-state index contributed by atoms with van der Waals surface area (Å²) in [6, 6.07) is 0. The zero-order chi connectivity index (χ0) is 12.0. The third-order valence-corrected chi connectivity index (χ3v) is 3.44. The summed E-state index contributed by atoms with van der Waals surface area (Å²) in [4.78, 5) is 6.08. The maximum absolute atomic E-state index is 5.09. The van der Waals surface area contributed by atoms with E-state index in [9.17, 15) is 0 Å². The molecule has 0 spiro atoms. The molecule has 0 radical (unpaired) electrons. The molecule has 0 saturated heterocycles. The van der Waals surface area contributed by atoms with Crippen molar-refractivity contribution in [1.29, 1.82) is 0 Å². The van der Waals surface area contributed by atoms with Gasteiger partial charge < -0.3 is 10.1 Å². The van der Waals surface area contributed by atoms with E-state index in [1.54, 1.807) is 7.11 Å². The van der Waals surface area contributed by atoms with Crippen molar-refractivity contribution in [2.45, 2.75) is 33.2 Å². The van der Waals surface area contributed by atoms with Crippen LogP contribution < -0.4 is 5.32 Å². The molecular formula is C12H22N2OS. The van der Waals surface area contributed by atoms with Crippen LogP contribution in [0, 0.1) is 5.92 Å². The first-order chi connectivity index (χ1) is 7.67. The van der Waals surface area contributed by atoms with E-state index >= 15 is 0 Å². The molecule has 92 valence electrons. The van der Waals surface area contributed by atoms with Gasteiger partial charge in [0.1, 0.15) is 0 Å². The zero-order valence-electron chi connectivity index (χ0n) is 10.7. The number of hydrogen-bond donors (Lipinski definition) is 1. The first-order valence-electron chi connectivity index (χ1n) is 5.78. The summed E-state index contributed by atoms with van der Waals surface area (Å²) in [6.45, 7) is 6.15. The summed E-state index contributed by atoms with van der Waals surface area (Å²) >= 11 is 1.81. The highest BCUT2D eigenvalue weighted by atomic mass is 32.1. The molecule has 1 heterocycles. The van der Waals surface area contributed by atoms with Gasteiger partial charge in [0.15, 0.2) is 0 Å². The Hall–Kier alpha value is -0.450. The van der Waals surface area contributed by atoms with Crippen LogP contribution in [0.1, 0.15) is 29.4 Å². The van der Waals surface area contributed by atoms with Crippen molar-refractivity contribution in [2.24, 2.45) is 5.92 Å². The van der Waals surface area contributed by atoms with Crippen LogP contribution >= 0.6 is 11.3 Å². The Labute approximate surface area is 102 Å². The molecule has 16 heavy (non-hydrogen) atoms. The molecule has 1 aromatic heterocycles. The van der Waals surface area contributed by atoms with E-state index in [4.69, 9.17) is 9.72 Å². The first-order valence-corrected chi connectivity index (χ1v) is 6.60. The standard InChI is InChI=1S/C12H22N2OS/c1-9(2)7-10-11(8-13-3)16-12(14-10)5-6-15-4/h9,13H,5-8H2,1-4H3. The van der Waals surface area contributed by atoms with Crippen LogP contribution in [0.15, 0.2) is 0 Å². The average Bonchev–Trinajstić information content (AvgIpc) is 2.58. The quantitative estimate of drug-likeness (QED) is 0.796. The molecule has 0 saturated carbocycles. The number of ether oxygens (including phenoxy) is 1. The van der Waals surface area contributed by atoms with Gasteiger partial charge in [-0.2, -0.15) is 0 Å². The fraction of sp³-hybridized carbons (Fsp3) is 0.750. The van der Waals surface area contributed by atoms with E-state index in [0.29, 0.717) is 5.92 Å². The van der Waals surface area contributed by atoms with E-state index in [1.807, 2.05) is 18.4 Å². The Morgan fingerprint density at radius 3 is 2.75 bits per heavy atom. The summed E-state index contributed by atoms with van der Waals surface area (Å²) in [5.74, 6) is 0.660. The van der Waals surface area contributed by atoms with Crippen molar-refractivity contribution in [3.05, 3.63) is 15.6 Å². The minimum Gasteiger partial charge on any atom is -0.384 e. The van der Waals surface area contributed by atoms with Crippen molar-refractivity contribution in [2.75, 3.05) is 20.8 Å². The van der Waals surface area contributed by atoms with Crippen LogP contribution in [0.25, 0.3) is 0 Å². The number of nitrogens with zero attached hydrogens (tertiary/aromatic N) is 1. The third-order valence-electron chi connectivity index (χ3n) is 2.28. The Balaban J connectivity index is 2.73. The summed E-state index contributed by atoms with van der Waals surface area (Å²) < 4.78 is 5.09. The highest BCUT2D eigenvalue weighted by Crippen LogP contribution is 2.21. The summed E-state index contributed by atoms with van der Waals surface area (Å²) in [7, 11) is 3.71. The molecular weight excluding hydrogens is 220 g/mol. The number of thiazole rings is 1. The highest BCUT2D eigenvalue weighted by Gasteiger charge is 2.11. The van der Waals surface area contributed by atoms with E-state index in [2.05, 4.69) is 19.2 Å². The number of rotatable bonds is 7.